The summed E-state index contributed by atoms with van der Waals surface area (Å²) in [6.45, 7) is 7.12. The monoisotopic (exact) mass is 452 g/mol. The van der Waals surface area contributed by atoms with E-state index in [2.05, 4.69) is 15.0 Å². The van der Waals surface area contributed by atoms with E-state index in [-0.39, 0.29) is 12.4 Å². The number of nitrogens with zero attached hydrogens (tertiary/aromatic N) is 4. The van der Waals surface area contributed by atoms with Crippen molar-refractivity contribution in [3.05, 3.63) is 69.1 Å². The number of ether oxygens (including phenoxy) is 1. The van der Waals surface area contributed by atoms with Gasteiger partial charge in [-0.1, -0.05) is 6.07 Å². The van der Waals surface area contributed by atoms with Crippen molar-refractivity contribution >= 4 is 34.4 Å². The standard InChI is InChI=1S/C22H20N4O3S2/c1-12-11-30-22(24-12)26-13(2)9-16(15(26)4)18(27)10-29-21(28)19-14(3)25-20(31-19)17-7-5-6-8-23-17/h5-9,11H,10H2,1-4H3. The molecule has 0 aromatic carbocycles. The van der Waals surface area contributed by atoms with Crippen LogP contribution in [0.15, 0.2) is 35.8 Å². The van der Waals surface area contributed by atoms with Gasteiger partial charge < -0.3 is 4.74 Å². The second-order valence-electron chi connectivity index (χ2n) is 7.04. The van der Waals surface area contributed by atoms with Gasteiger partial charge in [-0.3, -0.25) is 14.3 Å². The van der Waals surface area contributed by atoms with E-state index < -0.39 is 5.97 Å². The Balaban J connectivity index is 1.48. The molecular formula is C22H20N4O3S2. The van der Waals surface area contributed by atoms with Gasteiger partial charge in [0.05, 0.1) is 17.1 Å². The van der Waals surface area contributed by atoms with E-state index in [0.29, 0.717) is 26.8 Å². The minimum absolute atomic E-state index is 0.256. The van der Waals surface area contributed by atoms with Gasteiger partial charge >= 0.3 is 5.97 Å². The molecule has 0 bridgehead atoms. The van der Waals surface area contributed by atoms with Crippen molar-refractivity contribution in [2.24, 2.45) is 0 Å². The zero-order valence-electron chi connectivity index (χ0n) is 17.5. The maximum absolute atomic E-state index is 12.8. The molecule has 0 spiro atoms. The second kappa shape index (κ2) is 8.52. The SMILES string of the molecule is Cc1csc(-n2c(C)cc(C(=O)COC(=O)c3sc(-c4ccccn4)nc3C)c2C)n1. The third kappa shape index (κ3) is 4.19. The van der Waals surface area contributed by atoms with Gasteiger partial charge in [0.2, 0.25) is 5.78 Å². The topological polar surface area (TPSA) is 87.0 Å². The minimum Gasteiger partial charge on any atom is -0.453 e. The van der Waals surface area contributed by atoms with Crippen LogP contribution in [0.25, 0.3) is 15.8 Å². The van der Waals surface area contributed by atoms with Crippen LogP contribution < -0.4 is 0 Å². The normalized spacial score (nSPS) is 11.0. The molecule has 0 fully saturated rings. The van der Waals surface area contributed by atoms with Gasteiger partial charge in [-0.25, -0.2) is 14.8 Å². The van der Waals surface area contributed by atoms with Crippen LogP contribution in [-0.4, -0.2) is 37.9 Å². The van der Waals surface area contributed by atoms with Crippen LogP contribution in [0.3, 0.4) is 0 Å². The Morgan fingerprint density at radius 3 is 2.61 bits per heavy atom. The zero-order valence-corrected chi connectivity index (χ0v) is 19.1. The lowest BCUT2D eigenvalue weighted by atomic mass is 10.1. The Morgan fingerprint density at radius 2 is 1.94 bits per heavy atom. The number of Topliss-reactive ketones (excluding diaryl/α,β-unsaturated/α-hetero) is 1. The predicted molar refractivity (Wildman–Crippen MR) is 120 cm³/mol. The highest BCUT2D eigenvalue weighted by molar-refractivity contribution is 7.17. The number of aromatic nitrogens is 4. The van der Waals surface area contributed by atoms with E-state index in [4.69, 9.17) is 4.74 Å². The summed E-state index contributed by atoms with van der Waals surface area (Å²) in [5.41, 5.74) is 4.38. The first-order valence-corrected chi connectivity index (χ1v) is 11.3. The molecule has 31 heavy (non-hydrogen) atoms. The predicted octanol–water partition coefficient (Wildman–Crippen LogP) is 4.73. The number of hydrogen-bond donors (Lipinski definition) is 0. The van der Waals surface area contributed by atoms with E-state index in [9.17, 15) is 9.59 Å². The van der Waals surface area contributed by atoms with E-state index in [0.717, 1.165) is 22.2 Å². The molecule has 9 heteroatoms. The Bertz CT molecular complexity index is 1270. The lowest BCUT2D eigenvalue weighted by molar-refractivity contribution is 0.0478. The van der Waals surface area contributed by atoms with Crippen molar-refractivity contribution in [3.63, 3.8) is 0 Å². The number of thiazole rings is 2. The lowest BCUT2D eigenvalue weighted by Gasteiger charge is -2.06. The van der Waals surface area contributed by atoms with Crippen molar-refractivity contribution in [2.75, 3.05) is 6.61 Å². The summed E-state index contributed by atoms with van der Waals surface area (Å²) < 4.78 is 7.27. The zero-order chi connectivity index (χ0) is 22.1. The van der Waals surface area contributed by atoms with E-state index in [1.807, 2.05) is 48.9 Å². The van der Waals surface area contributed by atoms with Crippen LogP contribution in [0.2, 0.25) is 0 Å². The average Bonchev–Trinajstić information content (AvgIpc) is 3.43. The fraction of sp³-hybridized carbons (Fsp3) is 0.227. The molecule has 0 saturated heterocycles. The highest BCUT2D eigenvalue weighted by atomic mass is 32.1. The van der Waals surface area contributed by atoms with Crippen molar-refractivity contribution < 1.29 is 14.3 Å². The number of ketones is 1. The molecule has 0 amide bonds. The van der Waals surface area contributed by atoms with Crippen molar-refractivity contribution in [1.82, 2.24) is 19.5 Å². The fourth-order valence-electron chi connectivity index (χ4n) is 3.24. The highest BCUT2D eigenvalue weighted by Gasteiger charge is 2.22. The molecule has 4 heterocycles. The first-order valence-electron chi connectivity index (χ1n) is 9.55. The Labute approximate surface area is 187 Å². The highest BCUT2D eigenvalue weighted by Crippen LogP contribution is 2.27. The minimum atomic E-state index is -0.560. The van der Waals surface area contributed by atoms with Crippen molar-refractivity contribution in [2.45, 2.75) is 27.7 Å². The number of esters is 1. The first-order chi connectivity index (χ1) is 14.8. The quantitative estimate of drug-likeness (QED) is 0.311. The molecule has 7 nitrogen and oxygen atoms in total. The van der Waals surface area contributed by atoms with Crippen LogP contribution in [0, 0.1) is 27.7 Å². The summed E-state index contributed by atoms with van der Waals surface area (Å²) >= 11 is 2.73. The van der Waals surface area contributed by atoms with Crippen LogP contribution in [0.5, 0.6) is 0 Å². The van der Waals surface area contributed by atoms with Gasteiger partial charge in [-0.15, -0.1) is 22.7 Å². The molecule has 0 aliphatic rings. The Morgan fingerprint density at radius 1 is 1.13 bits per heavy atom. The molecule has 4 aromatic rings. The summed E-state index contributed by atoms with van der Waals surface area (Å²) in [5, 5.41) is 3.42. The summed E-state index contributed by atoms with van der Waals surface area (Å²) in [4.78, 5) is 38.9. The Hall–Kier alpha value is -3.17. The van der Waals surface area contributed by atoms with Gasteiger partial charge in [-0.2, -0.15) is 0 Å². The third-order valence-electron chi connectivity index (χ3n) is 4.73. The molecule has 0 saturated carbocycles. The molecule has 4 aromatic heterocycles. The number of carbonyl (C=O) groups is 2. The molecule has 0 atom stereocenters. The second-order valence-corrected chi connectivity index (χ2v) is 8.88. The number of aryl methyl sites for hydroxylation is 3. The molecule has 158 valence electrons. The molecule has 0 aliphatic carbocycles. The maximum atomic E-state index is 12.8. The molecule has 0 radical (unpaired) electrons. The molecule has 0 aliphatic heterocycles. The number of hydrogen-bond acceptors (Lipinski definition) is 8. The van der Waals surface area contributed by atoms with Gasteiger partial charge in [-0.05, 0) is 45.9 Å². The first kappa shape index (κ1) is 21.1. The van der Waals surface area contributed by atoms with Crippen LogP contribution in [-0.2, 0) is 4.74 Å². The van der Waals surface area contributed by atoms with Crippen molar-refractivity contribution in [1.29, 1.82) is 0 Å². The third-order valence-corrected chi connectivity index (χ3v) is 6.83. The van der Waals surface area contributed by atoms with Crippen LogP contribution in [0.4, 0.5) is 0 Å². The summed E-state index contributed by atoms with van der Waals surface area (Å²) in [5.74, 6) is -0.817. The van der Waals surface area contributed by atoms with Gasteiger partial charge in [0, 0.05) is 28.5 Å². The van der Waals surface area contributed by atoms with Gasteiger partial charge in [0.15, 0.2) is 11.7 Å². The molecule has 4 rings (SSSR count). The Kier molecular flexibility index (Phi) is 5.79. The molecule has 0 N–H and O–H groups in total. The molecular weight excluding hydrogens is 432 g/mol. The van der Waals surface area contributed by atoms with E-state index >= 15 is 0 Å². The summed E-state index contributed by atoms with van der Waals surface area (Å²) in [6, 6.07) is 7.31. The number of pyridine rings is 1. The maximum Gasteiger partial charge on any atom is 0.350 e. The van der Waals surface area contributed by atoms with Crippen molar-refractivity contribution in [3.8, 4) is 15.8 Å². The lowest BCUT2D eigenvalue weighted by Crippen LogP contribution is -2.15. The van der Waals surface area contributed by atoms with Gasteiger partial charge in [0.1, 0.15) is 9.88 Å². The van der Waals surface area contributed by atoms with E-state index in [1.54, 1.807) is 19.2 Å². The van der Waals surface area contributed by atoms with Gasteiger partial charge in [0.25, 0.3) is 0 Å². The summed E-state index contributed by atoms with van der Waals surface area (Å²) in [6.07, 6.45) is 1.67. The average molecular weight is 453 g/mol. The smallest absolute Gasteiger partial charge is 0.350 e. The summed E-state index contributed by atoms with van der Waals surface area (Å²) in [7, 11) is 0. The molecule has 0 unspecified atom stereocenters. The number of carbonyl (C=O) groups excluding carboxylic acids is 2. The largest absolute Gasteiger partial charge is 0.453 e. The number of rotatable bonds is 6. The van der Waals surface area contributed by atoms with Crippen LogP contribution >= 0.6 is 22.7 Å². The fourth-order valence-corrected chi connectivity index (χ4v) is 5.09. The van der Waals surface area contributed by atoms with Crippen LogP contribution in [0.1, 0.15) is 42.8 Å². The van der Waals surface area contributed by atoms with E-state index in [1.165, 1.54) is 22.7 Å².